The molecule has 3 nitrogen and oxygen atoms in total. The van der Waals surface area contributed by atoms with Gasteiger partial charge in [-0.05, 0) is 22.6 Å². The van der Waals surface area contributed by atoms with Crippen LogP contribution >= 0.6 is 22.6 Å². The Balaban J connectivity index is 2.45. The molecular formula is C6H7IN2O. The smallest absolute Gasteiger partial charge is 0.135 e. The number of hydrogen-bond acceptors (Lipinski definition) is 2. The monoisotopic (exact) mass is 250 g/mol. The highest BCUT2D eigenvalue weighted by atomic mass is 127. The summed E-state index contributed by atoms with van der Waals surface area (Å²) in [6.07, 6.45) is 1.88. The standard InChI is InChI=1S/C6H7IN2O/c7-5-3-8-6-4-10-2-1-9(5)6/h3H,1-2,4H2. The second kappa shape index (κ2) is 2.50. The predicted molar refractivity (Wildman–Crippen MR) is 44.6 cm³/mol. The van der Waals surface area contributed by atoms with Gasteiger partial charge in [-0.2, -0.15) is 0 Å². The summed E-state index contributed by atoms with van der Waals surface area (Å²) in [5.74, 6) is 1.05. The zero-order valence-electron chi connectivity index (χ0n) is 5.38. The molecule has 0 saturated carbocycles. The van der Waals surface area contributed by atoms with E-state index in [4.69, 9.17) is 4.74 Å². The van der Waals surface area contributed by atoms with Gasteiger partial charge >= 0.3 is 0 Å². The summed E-state index contributed by atoms with van der Waals surface area (Å²) in [6.45, 7) is 2.44. The van der Waals surface area contributed by atoms with Gasteiger partial charge in [0, 0.05) is 6.54 Å². The lowest BCUT2D eigenvalue weighted by molar-refractivity contribution is 0.0808. The Morgan fingerprint density at radius 1 is 1.70 bits per heavy atom. The third-order valence-corrected chi connectivity index (χ3v) is 2.44. The average molecular weight is 250 g/mol. The number of nitrogens with zero attached hydrogens (tertiary/aromatic N) is 2. The van der Waals surface area contributed by atoms with E-state index >= 15 is 0 Å². The molecule has 4 heteroatoms. The van der Waals surface area contributed by atoms with Gasteiger partial charge in [0.2, 0.25) is 0 Å². The fraction of sp³-hybridized carbons (Fsp3) is 0.500. The van der Waals surface area contributed by atoms with Crippen LogP contribution in [0.15, 0.2) is 6.20 Å². The number of halogens is 1. The van der Waals surface area contributed by atoms with Crippen LogP contribution in [0.3, 0.4) is 0 Å². The molecule has 0 bridgehead atoms. The second-order valence-electron chi connectivity index (χ2n) is 2.20. The maximum Gasteiger partial charge on any atom is 0.135 e. The Morgan fingerprint density at radius 3 is 3.40 bits per heavy atom. The summed E-state index contributed by atoms with van der Waals surface area (Å²) in [6, 6.07) is 0. The van der Waals surface area contributed by atoms with Gasteiger partial charge in [0.1, 0.15) is 12.4 Å². The minimum absolute atomic E-state index is 0.670. The first-order valence-corrected chi connectivity index (χ1v) is 4.23. The van der Waals surface area contributed by atoms with Crippen molar-refractivity contribution in [3.8, 4) is 0 Å². The number of ether oxygens (including phenoxy) is 1. The maximum absolute atomic E-state index is 5.22. The topological polar surface area (TPSA) is 27.1 Å². The minimum atomic E-state index is 0.670. The summed E-state index contributed by atoms with van der Waals surface area (Å²) in [5, 5.41) is 0. The molecule has 0 aliphatic carbocycles. The molecule has 0 atom stereocenters. The van der Waals surface area contributed by atoms with Crippen LogP contribution in [0.5, 0.6) is 0 Å². The predicted octanol–water partition coefficient (Wildman–Crippen LogP) is 1.02. The number of imidazole rings is 1. The number of fused-ring (bicyclic) bond motifs is 1. The van der Waals surface area contributed by atoms with E-state index in [1.165, 1.54) is 3.70 Å². The van der Waals surface area contributed by atoms with Crippen molar-refractivity contribution in [2.24, 2.45) is 0 Å². The van der Waals surface area contributed by atoms with E-state index in [0.29, 0.717) is 6.61 Å². The first-order valence-electron chi connectivity index (χ1n) is 3.15. The van der Waals surface area contributed by atoms with Crippen molar-refractivity contribution in [1.82, 2.24) is 9.55 Å². The number of hydrogen-bond donors (Lipinski definition) is 0. The molecule has 0 unspecified atom stereocenters. The molecule has 1 aliphatic rings. The molecule has 10 heavy (non-hydrogen) atoms. The fourth-order valence-electron chi connectivity index (χ4n) is 1.06. The summed E-state index contributed by atoms with van der Waals surface area (Å²) in [4.78, 5) is 4.19. The zero-order valence-corrected chi connectivity index (χ0v) is 7.54. The van der Waals surface area contributed by atoms with Crippen LogP contribution in [0, 0.1) is 3.70 Å². The average Bonchev–Trinajstić information content (AvgIpc) is 2.34. The third kappa shape index (κ3) is 0.950. The van der Waals surface area contributed by atoms with Crippen molar-refractivity contribution >= 4 is 22.6 Å². The molecule has 0 radical (unpaired) electrons. The van der Waals surface area contributed by atoms with Crippen molar-refractivity contribution in [1.29, 1.82) is 0 Å². The molecule has 0 fully saturated rings. The molecule has 0 N–H and O–H groups in total. The van der Waals surface area contributed by atoms with E-state index in [9.17, 15) is 0 Å². The quantitative estimate of drug-likeness (QED) is 0.643. The van der Waals surface area contributed by atoms with Crippen LogP contribution in [0.25, 0.3) is 0 Å². The van der Waals surface area contributed by atoms with Crippen molar-refractivity contribution in [2.45, 2.75) is 13.2 Å². The van der Waals surface area contributed by atoms with E-state index in [-0.39, 0.29) is 0 Å². The Hall–Kier alpha value is -0.100. The van der Waals surface area contributed by atoms with Crippen molar-refractivity contribution < 1.29 is 4.74 Å². The van der Waals surface area contributed by atoms with Crippen LogP contribution in [0.4, 0.5) is 0 Å². The van der Waals surface area contributed by atoms with Crippen LogP contribution < -0.4 is 0 Å². The van der Waals surface area contributed by atoms with Gasteiger partial charge in [-0.3, -0.25) is 0 Å². The highest BCUT2D eigenvalue weighted by Crippen LogP contribution is 2.12. The van der Waals surface area contributed by atoms with E-state index in [1.54, 1.807) is 0 Å². The van der Waals surface area contributed by atoms with Gasteiger partial charge in [0.05, 0.1) is 16.5 Å². The van der Waals surface area contributed by atoms with Gasteiger partial charge in [0.15, 0.2) is 0 Å². The molecule has 2 rings (SSSR count). The van der Waals surface area contributed by atoms with Crippen molar-refractivity contribution in [2.75, 3.05) is 6.61 Å². The highest BCUT2D eigenvalue weighted by Gasteiger charge is 2.11. The first-order chi connectivity index (χ1) is 4.88. The SMILES string of the molecule is Ic1cnc2n1CCOC2. The molecule has 2 heterocycles. The van der Waals surface area contributed by atoms with Gasteiger partial charge in [0.25, 0.3) is 0 Å². The van der Waals surface area contributed by atoms with E-state index in [1.807, 2.05) is 6.20 Å². The molecule has 1 aromatic heterocycles. The summed E-state index contributed by atoms with van der Waals surface area (Å²) in [7, 11) is 0. The number of rotatable bonds is 0. The minimum Gasteiger partial charge on any atom is -0.372 e. The largest absolute Gasteiger partial charge is 0.372 e. The molecule has 0 saturated heterocycles. The van der Waals surface area contributed by atoms with Crippen molar-refractivity contribution in [3.63, 3.8) is 0 Å². The summed E-state index contributed by atoms with van der Waals surface area (Å²) >= 11 is 2.28. The number of aromatic nitrogens is 2. The van der Waals surface area contributed by atoms with Gasteiger partial charge in [-0.1, -0.05) is 0 Å². The molecular weight excluding hydrogens is 243 g/mol. The Labute approximate surface area is 72.5 Å². The second-order valence-corrected chi connectivity index (χ2v) is 3.31. The highest BCUT2D eigenvalue weighted by molar-refractivity contribution is 14.1. The molecule has 0 amide bonds. The summed E-state index contributed by atoms with van der Waals surface area (Å²) in [5.41, 5.74) is 0. The van der Waals surface area contributed by atoms with Gasteiger partial charge < -0.3 is 9.30 Å². The Bertz CT molecular complexity index is 246. The normalized spacial score (nSPS) is 16.9. The maximum atomic E-state index is 5.22. The van der Waals surface area contributed by atoms with Crippen LogP contribution in [-0.2, 0) is 17.9 Å². The van der Waals surface area contributed by atoms with E-state index < -0.39 is 0 Å². The van der Waals surface area contributed by atoms with E-state index in [0.717, 1.165) is 19.0 Å². The zero-order chi connectivity index (χ0) is 6.97. The molecule has 0 spiro atoms. The van der Waals surface area contributed by atoms with Gasteiger partial charge in [-0.15, -0.1) is 0 Å². The molecule has 54 valence electrons. The first kappa shape index (κ1) is 6.60. The van der Waals surface area contributed by atoms with Crippen LogP contribution in [-0.4, -0.2) is 16.2 Å². The summed E-state index contributed by atoms with van der Waals surface area (Å²) < 4.78 is 8.61. The lowest BCUT2D eigenvalue weighted by Gasteiger charge is -2.14. The molecule has 1 aromatic rings. The Morgan fingerprint density at radius 2 is 2.60 bits per heavy atom. The Kier molecular flexibility index (Phi) is 1.65. The lowest BCUT2D eigenvalue weighted by Crippen LogP contribution is -2.17. The third-order valence-electron chi connectivity index (χ3n) is 1.58. The van der Waals surface area contributed by atoms with Crippen LogP contribution in [0.1, 0.15) is 5.82 Å². The fourth-order valence-corrected chi connectivity index (χ4v) is 1.72. The molecule has 0 aromatic carbocycles. The lowest BCUT2D eigenvalue weighted by atomic mass is 10.5. The van der Waals surface area contributed by atoms with Crippen molar-refractivity contribution in [3.05, 3.63) is 15.7 Å². The van der Waals surface area contributed by atoms with Gasteiger partial charge in [-0.25, -0.2) is 4.98 Å². The van der Waals surface area contributed by atoms with E-state index in [2.05, 4.69) is 32.1 Å². The van der Waals surface area contributed by atoms with Crippen LogP contribution in [0.2, 0.25) is 0 Å². The molecule has 1 aliphatic heterocycles.